The third-order valence-corrected chi connectivity index (χ3v) is 4.37. The van der Waals surface area contributed by atoms with Crippen LogP contribution in [0.2, 0.25) is 0 Å². The lowest BCUT2D eigenvalue weighted by atomic mass is 9.85. The smallest absolute Gasteiger partial charge is 0.317 e. The topological polar surface area (TPSA) is 81.7 Å². The van der Waals surface area contributed by atoms with E-state index in [0.29, 0.717) is 13.0 Å². The Morgan fingerprint density at radius 1 is 1.32 bits per heavy atom. The standard InChI is InChI=1S/C13H23N3O3/c1-13(11(17)18)5-2-4-10(13)15-12(19)16-8-3-6-14-7-9-16/h10,14H,2-9H2,1H3,(H,15,19)(H,17,18). The van der Waals surface area contributed by atoms with Crippen molar-refractivity contribution in [2.45, 2.75) is 38.6 Å². The molecule has 1 aliphatic carbocycles. The van der Waals surface area contributed by atoms with Crippen molar-refractivity contribution >= 4 is 12.0 Å². The number of hydrogen-bond donors (Lipinski definition) is 3. The molecule has 6 nitrogen and oxygen atoms in total. The van der Waals surface area contributed by atoms with E-state index < -0.39 is 11.4 Å². The zero-order chi connectivity index (χ0) is 13.9. The molecule has 2 aliphatic rings. The molecule has 6 heteroatoms. The van der Waals surface area contributed by atoms with Gasteiger partial charge in [0.2, 0.25) is 0 Å². The molecule has 2 fully saturated rings. The van der Waals surface area contributed by atoms with Gasteiger partial charge in [0, 0.05) is 25.7 Å². The summed E-state index contributed by atoms with van der Waals surface area (Å²) in [7, 11) is 0. The van der Waals surface area contributed by atoms with Crippen LogP contribution in [0.1, 0.15) is 32.6 Å². The minimum Gasteiger partial charge on any atom is -0.481 e. The van der Waals surface area contributed by atoms with E-state index in [1.807, 2.05) is 0 Å². The Hall–Kier alpha value is -1.30. The van der Waals surface area contributed by atoms with E-state index in [-0.39, 0.29) is 12.1 Å². The molecule has 3 N–H and O–H groups in total. The molecule has 0 radical (unpaired) electrons. The van der Waals surface area contributed by atoms with Gasteiger partial charge in [-0.3, -0.25) is 4.79 Å². The lowest BCUT2D eigenvalue weighted by molar-refractivity contribution is -0.148. The molecule has 19 heavy (non-hydrogen) atoms. The lowest BCUT2D eigenvalue weighted by Gasteiger charge is -2.30. The Morgan fingerprint density at radius 2 is 2.11 bits per heavy atom. The van der Waals surface area contributed by atoms with E-state index in [1.165, 1.54) is 0 Å². The summed E-state index contributed by atoms with van der Waals surface area (Å²) in [5.74, 6) is -0.812. The number of amides is 2. The minimum absolute atomic E-state index is 0.122. The van der Waals surface area contributed by atoms with Gasteiger partial charge >= 0.3 is 12.0 Å². The van der Waals surface area contributed by atoms with Crippen molar-refractivity contribution in [1.29, 1.82) is 0 Å². The highest BCUT2D eigenvalue weighted by atomic mass is 16.4. The molecule has 0 bridgehead atoms. The van der Waals surface area contributed by atoms with Crippen LogP contribution in [0.25, 0.3) is 0 Å². The highest BCUT2D eigenvalue weighted by molar-refractivity contribution is 5.79. The van der Waals surface area contributed by atoms with E-state index >= 15 is 0 Å². The fourth-order valence-electron chi connectivity index (χ4n) is 2.94. The Balaban J connectivity index is 1.96. The van der Waals surface area contributed by atoms with E-state index in [2.05, 4.69) is 10.6 Å². The Kier molecular flexibility index (Phi) is 4.29. The highest BCUT2D eigenvalue weighted by Crippen LogP contribution is 2.38. The normalized spacial score (nSPS) is 31.8. The number of carbonyl (C=O) groups excluding carboxylic acids is 1. The molecule has 2 amide bonds. The quantitative estimate of drug-likeness (QED) is 0.687. The van der Waals surface area contributed by atoms with Gasteiger partial charge in [-0.25, -0.2) is 4.79 Å². The van der Waals surface area contributed by atoms with Crippen molar-refractivity contribution in [1.82, 2.24) is 15.5 Å². The van der Waals surface area contributed by atoms with E-state index in [0.717, 1.165) is 38.9 Å². The number of carboxylic acids is 1. The van der Waals surface area contributed by atoms with Crippen molar-refractivity contribution in [3.63, 3.8) is 0 Å². The van der Waals surface area contributed by atoms with Crippen LogP contribution in [-0.2, 0) is 4.79 Å². The van der Waals surface area contributed by atoms with E-state index in [4.69, 9.17) is 0 Å². The molecular weight excluding hydrogens is 246 g/mol. The predicted molar refractivity (Wildman–Crippen MR) is 71.0 cm³/mol. The summed E-state index contributed by atoms with van der Waals surface area (Å²) >= 11 is 0. The number of carboxylic acid groups (broad SMARTS) is 1. The second-order valence-electron chi connectivity index (χ2n) is 5.71. The number of urea groups is 1. The molecule has 108 valence electrons. The molecule has 0 spiro atoms. The van der Waals surface area contributed by atoms with Crippen LogP contribution < -0.4 is 10.6 Å². The zero-order valence-corrected chi connectivity index (χ0v) is 11.4. The fourth-order valence-corrected chi connectivity index (χ4v) is 2.94. The maximum atomic E-state index is 12.2. The summed E-state index contributed by atoms with van der Waals surface area (Å²) < 4.78 is 0. The Morgan fingerprint density at radius 3 is 2.84 bits per heavy atom. The van der Waals surface area contributed by atoms with Gasteiger partial charge in [0.1, 0.15) is 0 Å². The largest absolute Gasteiger partial charge is 0.481 e. The molecule has 1 saturated carbocycles. The first-order valence-electron chi connectivity index (χ1n) is 7.03. The summed E-state index contributed by atoms with van der Waals surface area (Å²) in [4.78, 5) is 25.4. The average Bonchev–Trinajstić information content (AvgIpc) is 2.61. The highest BCUT2D eigenvalue weighted by Gasteiger charge is 2.46. The first-order chi connectivity index (χ1) is 9.04. The zero-order valence-electron chi connectivity index (χ0n) is 11.4. The van der Waals surface area contributed by atoms with Gasteiger partial charge in [-0.05, 0) is 32.7 Å². The van der Waals surface area contributed by atoms with Gasteiger partial charge in [0.15, 0.2) is 0 Å². The minimum atomic E-state index is -0.820. The molecule has 1 aliphatic heterocycles. The van der Waals surface area contributed by atoms with Crippen LogP contribution in [-0.4, -0.2) is 54.2 Å². The van der Waals surface area contributed by atoms with Crippen LogP contribution in [0.3, 0.4) is 0 Å². The van der Waals surface area contributed by atoms with Crippen LogP contribution in [0.5, 0.6) is 0 Å². The van der Waals surface area contributed by atoms with Gasteiger partial charge < -0.3 is 20.6 Å². The van der Waals surface area contributed by atoms with Crippen molar-refractivity contribution in [2.75, 3.05) is 26.2 Å². The lowest BCUT2D eigenvalue weighted by Crippen LogP contribution is -2.52. The molecule has 2 rings (SSSR count). The number of carbonyl (C=O) groups is 2. The van der Waals surface area contributed by atoms with Gasteiger partial charge in [0.05, 0.1) is 5.41 Å². The maximum Gasteiger partial charge on any atom is 0.317 e. The number of nitrogens with one attached hydrogen (secondary N) is 2. The summed E-state index contributed by atoms with van der Waals surface area (Å²) in [6.07, 6.45) is 3.18. The second kappa shape index (κ2) is 5.77. The van der Waals surface area contributed by atoms with Crippen molar-refractivity contribution in [3.8, 4) is 0 Å². The molecular formula is C13H23N3O3. The van der Waals surface area contributed by atoms with Crippen LogP contribution in [0.4, 0.5) is 4.79 Å². The fraction of sp³-hybridized carbons (Fsp3) is 0.846. The average molecular weight is 269 g/mol. The number of rotatable bonds is 2. The first kappa shape index (κ1) is 14.1. The predicted octanol–water partition coefficient (Wildman–Crippen LogP) is 0.635. The van der Waals surface area contributed by atoms with Gasteiger partial charge in [0.25, 0.3) is 0 Å². The Labute approximate surface area is 113 Å². The SMILES string of the molecule is CC1(C(=O)O)CCCC1NC(=O)N1CCCNCC1. The molecule has 0 aromatic carbocycles. The molecule has 2 unspecified atom stereocenters. The summed E-state index contributed by atoms with van der Waals surface area (Å²) in [5, 5.41) is 15.5. The molecule has 1 heterocycles. The summed E-state index contributed by atoms with van der Waals surface area (Å²) in [6, 6.07) is -0.378. The molecule has 0 aromatic rings. The van der Waals surface area contributed by atoms with Gasteiger partial charge in [-0.1, -0.05) is 6.42 Å². The molecule has 0 aromatic heterocycles. The Bertz CT molecular complexity index is 353. The van der Waals surface area contributed by atoms with Crippen LogP contribution >= 0.6 is 0 Å². The second-order valence-corrected chi connectivity index (χ2v) is 5.71. The van der Waals surface area contributed by atoms with Crippen molar-refractivity contribution in [3.05, 3.63) is 0 Å². The number of nitrogens with zero attached hydrogens (tertiary/aromatic N) is 1. The van der Waals surface area contributed by atoms with Crippen LogP contribution in [0, 0.1) is 5.41 Å². The third kappa shape index (κ3) is 3.00. The van der Waals surface area contributed by atoms with E-state index in [9.17, 15) is 14.7 Å². The third-order valence-electron chi connectivity index (χ3n) is 4.37. The molecule has 2 atom stereocenters. The first-order valence-corrected chi connectivity index (χ1v) is 7.03. The van der Waals surface area contributed by atoms with Gasteiger partial charge in [-0.15, -0.1) is 0 Å². The van der Waals surface area contributed by atoms with Crippen LogP contribution in [0.15, 0.2) is 0 Å². The van der Waals surface area contributed by atoms with Crippen molar-refractivity contribution < 1.29 is 14.7 Å². The monoisotopic (exact) mass is 269 g/mol. The number of aliphatic carboxylic acids is 1. The van der Waals surface area contributed by atoms with E-state index in [1.54, 1.807) is 11.8 Å². The number of hydrogen-bond acceptors (Lipinski definition) is 3. The van der Waals surface area contributed by atoms with Crippen molar-refractivity contribution in [2.24, 2.45) is 5.41 Å². The molecule has 1 saturated heterocycles. The summed E-state index contributed by atoms with van der Waals surface area (Å²) in [5.41, 5.74) is -0.820. The summed E-state index contributed by atoms with van der Waals surface area (Å²) in [6.45, 7) is 4.88. The maximum absolute atomic E-state index is 12.2. The van der Waals surface area contributed by atoms with Gasteiger partial charge in [-0.2, -0.15) is 0 Å².